The maximum absolute atomic E-state index is 13.6. The summed E-state index contributed by atoms with van der Waals surface area (Å²) in [5.41, 5.74) is 1.60. The molecule has 0 spiro atoms. The predicted molar refractivity (Wildman–Crippen MR) is 104 cm³/mol. The molecule has 0 aliphatic heterocycles. The summed E-state index contributed by atoms with van der Waals surface area (Å²) in [6.07, 6.45) is 4.66. The maximum Gasteiger partial charge on any atom is 0.191 e. The Kier molecular flexibility index (Phi) is 6.19. The van der Waals surface area contributed by atoms with Crippen LogP contribution in [-0.4, -0.2) is 28.6 Å². The lowest BCUT2D eigenvalue weighted by Gasteiger charge is -2.12. The molecule has 1 aromatic carbocycles. The van der Waals surface area contributed by atoms with Gasteiger partial charge in [0.05, 0.1) is 12.2 Å². The third kappa shape index (κ3) is 4.59. The summed E-state index contributed by atoms with van der Waals surface area (Å²) >= 11 is 0. The lowest BCUT2D eigenvalue weighted by atomic mass is 10.2. The molecule has 2 heterocycles. The van der Waals surface area contributed by atoms with Gasteiger partial charge in [0.25, 0.3) is 0 Å². The van der Waals surface area contributed by atoms with E-state index in [2.05, 4.69) is 61.7 Å². The number of rotatable bonds is 7. The smallest absolute Gasteiger partial charge is 0.191 e. The number of nitrogens with one attached hydrogen (secondary N) is 2. The Balaban J connectivity index is 1.52. The van der Waals surface area contributed by atoms with Gasteiger partial charge in [-0.3, -0.25) is 4.98 Å². The number of guanidine groups is 1. The van der Waals surface area contributed by atoms with Crippen molar-refractivity contribution in [2.24, 2.45) is 4.99 Å². The molecule has 136 valence electrons. The van der Waals surface area contributed by atoms with Crippen LogP contribution in [0.15, 0.2) is 59.9 Å². The van der Waals surface area contributed by atoms with E-state index in [4.69, 9.17) is 0 Å². The predicted octanol–water partition coefficient (Wildman–Crippen LogP) is 3.32. The Hall–Kier alpha value is -2.89. The van der Waals surface area contributed by atoms with Gasteiger partial charge in [-0.1, -0.05) is 18.2 Å². The summed E-state index contributed by atoms with van der Waals surface area (Å²) < 4.78 is 15.9. The van der Waals surface area contributed by atoms with E-state index in [-0.39, 0.29) is 12.4 Å². The second-order valence-electron chi connectivity index (χ2n) is 5.98. The number of pyridine rings is 1. The molecular formula is C20H24FN5. The Labute approximate surface area is 153 Å². The first kappa shape index (κ1) is 17.9. The molecule has 5 nitrogen and oxygen atoms in total. The van der Waals surface area contributed by atoms with Gasteiger partial charge in [-0.05, 0) is 43.0 Å². The number of para-hydroxylation sites is 1. The molecule has 2 N–H and O–H groups in total. The molecule has 0 amide bonds. The maximum atomic E-state index is 13.6. The van der Waals surface area contributed by atoms with E-state index in [9.17, 15) is 4.39 Å². The molecule has 26 heavy (non-hydrogen) atoms. The highest BCUT2D eigenvalue weighted by molar-refractivity contribution is 5.80. The normalized spacial score (nSPS) is 11.7. The van der Waals surface area contributed by atoms with Crippen molar-refractivity contribution in [3.8, 4) is 0 Å². The number of hydrogen-bond donors (Lipinski definition) is 2. The van der Waals surface area contributed by atoms with Gasteiger partial charge in [0.1, 0.15) is 5.82 Å². The zero-order chi connectivity index (χ0) is 18.2. The summed E-state index contributed by atoms with van der Waals surface area (Å²) in [5.74, 6) is 0.349. The fraction of sp³-hybridized carbons (Fsp3) is 0.300. The number of nitrogens with zero attached hydrogens (tertiary/aromatic N) is 3. The summed E-state index contributed by atoms with van der Waals surface area (Å²) in [4.78, 5) is 8.44. The molecule has 0 saturated carbocycles. The fourth-order valence-electron chi connectivity index (χ4n) is 2.82. The molecule has 6 heteroatoms. The number of halogens is 1. The number of aliphatic imine (C=N–C) groups is 1. The van der Waals surface area contributed by atoms with Crippen molar-refractivity contribution < 1.29 is 4.39 Å². The van der Waals surface area contributed by atoms with Gasteiger partial charge in [-0.2, -0.15) is 0 Å². The summed E-state index contributed by atoms with van der Waals surface area (Å²) in [6, 6.07) is 13.5. The molecule has 0 fully saturated rings. The standard InChI is InChI=1S/C20H24FN5/c1-2-22-20(25-15-18-17(21)8-5-11-23-18)24-12-6-13-26-14-10-16-7-3-4-9-19(16)26/h3-5,7-11,14H,2,6,12-13,15H2,1H3,(H2,22,24,25). The lowest BCUT2D eigenvalue weighted by Crippen LogP contribution is -2.38. The van der Waals surface area contributed by atoms with E-state index >= 15 is 0 Å². The molecule has 3 rings (SSSR count). The third-order valence-corrected chi connectivity index (χ3v) is 4.11. The van der Waals surface area contributed by atoms with Crippen LogP contribution in [0.1, 0.15) is 19.0 Å². The van der Waals surface area contributed by atoms with Crippen LogP contribution in [0.2, 0.25) is 0 Å². The van der Waals surface area contributed by atoms with Crippen LogP contribution < -0.4 is 10.6 Å². The monoisotopic (exact) mass is 353 g/mol. The molecule has 3 aromatic rings. The number of aromatic nitrogens is 2. The van der Waals surface area contributed by atoms with E-state index in [0.717, 1.165) is 26.1 Å². The average molecular weight is 353 g/mol. The van der Waals surface area contributed by atoms with Gasteiger partial charge < -0.3 is 15.2 Å². The van der Waals surface area contributed by atoms with E-state index in [1.807, 2.05) is 6.92 Å². The summed E-state index contributed by atoms with van der Waals surface area (Å²) in [6.45, 7) is 4.67. The largest absolute Gasteiger partial charge is 0.357 e. The van der Waals surface area contributed by atoms with Crippen LogP contribution >= 0.6 is 0 Å². The van der Waals surface area contributed by atoms with Crippen LogP contribution in [0, 0.1) is 5.82 Å². The van der Waals surface area contributed by atoms with Gasteiger partial charge in [-0.25, -0.2) is 9.38 Å². The molecule has 0 bridgehead atoms. The highest BCUT2D eigenvalue weighted by Gasteiger charge is 2.03. The molecule has 0 atom stereocenters. The number of hydrogen-bond acceptors (Lipinski definition) is 2. The molecule has 0 aliphatic carbocycles. The van der Waals surface area contributed by atoms with Crippen molar-refractivity contribution in [1.29, 1.82) is 0 Å². The highest BCUT2D eigenvalue weighted by Crippen LogP contribution is 2.15. The topological polar surface area (TPSA) is 54.2 Å². The minimum atomic E-state index is -0.327. The van der Waals surface area contributed by atoms with Crippen molar-refractivity contribution in [1.82, 2.24) is 20.2 Å². The molecule has 0 saturated heterocycles. The van der Waals surface area contributed by atoms with Crippen LogP contribution in [0.25, 0.3) is 10.9 Å². The zero-order valence-electron chi connectivity index (χ0n) is 15.0. The Morgan fingerprint density at radius 1 is 1.15 bits per heavy atom. The van der Waals surface area contributed by atoms with Crippen molar-refractivity contribution in [3.63, 3.8) is 0 Å². The molecular weight excluding hydrogens is 329 g/mol. The van der Waals surface area contributed by atoms with Gasteiger partial charge in [0.15, 0.2) is 5.96 Å². The second-order valence-corrected chi connectivity index (χ2v) is 5.98. The van der Waals surface area contributed by atoms with Crippen molar-refractivity contribution in [2.45, 2.75) is 26.4 Å². The highest BCUT2D eigenvalue weighted by atomic mass is 19.1. The SMILES string of the molecule is CCNC(=NCc1ncccc1F)NCCCn1ccc2ccccc21. The first-order valence-electron chi connectivity index (χ1n) is 8.93. The molecule has 2 aromatic heterocycles. The Morgan fingerprint density at radius 2 is 2.04 bits per heavy atom. The fourth-order valence-corrected chi connectivity index (χ4v) is 2.82. The summed E-state index contributed by atoms with van der Waals surface area (Å²) in [7, 11) is 0. The lowest BCUT2D eigenvalue weighted by molar-refractivity contribution is 0.598. The molecule has 0 radical (unpaired) electrons. The average Bonchev–Trinajstić information content (AvgIpc) is 3.07. The number of aryl methyl sites for hydroxylation is 1. The van der Waals surface area contributed by atoms with Crippen LogP contribution in [-0.2, 0) is 13.1 Å². The van der Waals surface area contributed by atoms with Crippen LogP contribution in [0.3, 0.4) is 0 Å². The van der Waals surface area contributed by atoms with E-state index in [1.54, 1.807) is 12.3 Å². The third-order valence-electron chi connectivity index (χ3n) is 4.11. The van der Waals surface area contributed by atoms with E-state index < -0.39 is 0 Å². The van der Waals surface area contributed by atoms with E-state index in [1.165, 1.54) is 17.0 Å². The second kappa shape index (κ2) is 8.99. The van der Waals surface area contributed by atoms with Crippen LogP contribution in [0.5, 0.6) is 0 Å². The Bertz CT molecular complexity index is 871. The first-order valence-corrected chi connectivity index (χ1v) is 8.93. The number of benzene rings is 1. The van der Waals surface area contributed by atoms with Crippen molar-refractivity contribution >= 4 is 16.9 Å². The molecule has 0 unspecified atom stereocenters. The van der Waals surface area contributed by atoms with Gasteiger partial charge >= 0.3 is 0 Å². The van der Waals surface area contributed by atoms with Crippen LogP contribution in [0.4, 0.5) is 4.39 Å². The minimum absolute atomic E-state index is 0.213. The van der Waals surface area contributed by atoms with Crippen molar-refractivity contribution in [3.05, 3.63) is 66.4 Å². The van der Waals surface area contributed by atoms with Gasteiger partial charge in [0.2, 0.25) is 0 Å². The molecule has 0 aliphatic rings. The van der Waals surface area contributed by atoms with Gasteiger partial charge in [0, 0.05) is 37.5 Å². The Morgan fingerprint density at radius 3 is 2.88 bits per heavy atom. The van der Waals surface area contributed by atoms with Gasteiger partial charge in [-0.15, -0.1) is 0 Å². The zero-order valence-corrected chi connectivity index (χ0v) is 15.0. The summed E-state index contributed by atoms with van der Waals surface area (Å²) in [5, 5.41) is 7.73. The van der Waals surface area contributed by atoms with E-state index in [0.29, 0.717) is 11.7 Å². The quantitative estimate of drug-likeness (QED) is 0.389. The minimum Gasteiger partial charge on any atom is -0.357 e. The number of fused-ring (bicyclic) bond motifs is 1. The first-order chi connectivity index (χ1) is 12.8. The van der Waals surface area contributed by atoms with Crippen molar-refractivity contribution in [2.75, 3.05) is 13.1 Å².